The van der Waals surface area contributed by atoms with E-state index in [1.54, 1.807) is 18.5 Å². The molecule has 3 heteroatoms. The molecule has 3 N–H and O–H groups in total. The highest BCUT2D eigenvalue weighted by Crippen LogP contribution is 2.16. The lowest BCUT2D eigenvalue weighted by Crippen LogP contribution is -2.12. The Morgan fingerprint density at radius 3 is 3.07 bits per heavy atom. The van der Waals surface area contributed by atoms with Gasteiger partial charge in [0.2, 0.25) is 0 Å². The van der Waals surface area contributed by atoms with Gasteiger partial charge in [-0.2, -0.15) is 0 Å². The van der Waals surface area contributed by atoms with Crippen LogP contribution in [0.25, 0.3) is 0 Å². The molecule has 1 atom stereocenters. The molecule has 1 aromatic heterocycles. The molecule has 80 valence electrons. The molecule has 0 aromatic carbocycles. The van der Waals surface area contributed by atoms with E-state index in [9.17, 15) is 0 Å². The zero-order valence-corrected chi connectivity index (χ0v) is 8.98. The van der Waals surface area contributed by atoms with Crippen molar-refractivity contribution in [1.29, 1.82) is 0 Å². The first-order chi connectivity index (χ1) is 7.27. The van der Waals surface area contributed by atoms with Crippen molar-refractivity contribution >= 4 is 0 Å². The maximum Gasteiger partial charge on any atom is 0.123 e. The van der Waals surface area contributed by atoms with E-state index in [0.717, 1.165) is 17.8 Å². The molecule has 1 rings (SSSR count). The van der Waals surface area contributed by atoms with Gasteiger partial charge >= 0.3 is 0 Å². The van der Waals surface area contributed by atoms with E-state index in [1.807, 2.05) is 25.2 Å². The number of nitrogens with zero attached hydrogens (tertiary/aromatic N) is 1. The van der Waals surface area contributed by atoms with Crippen molar-refractivity contribution in [3.05, 3.63) is 54.7 Å². The maximum absolute atomic E-state index is 6.00. The average Bonchev–Trinajstić information content (AvgIpc) is 2.71. The second kappa shape index (κ2) is 5.98. The molecule has 0 amide bonds. The normalized spacial score (nSPS) is 14.4. The molecular formula is C12H17N3. The van der Waals surface area contributed by atoms with Crippen LogP contribution < -0.4 is 5.73 Å². The number of allylic oxidation sites excluding steroid dienone is 4. The monoisotopic (exact) mass is 203 g/mol. The van der Waals surface area contributed by atoms with Gasteiger partial charge in [-0.05, 0) is 18.9 Å². The average molecular weight is 203 g/mol. The molecule has 1 unspecified atom stereocenters. The second-order valence-corrected chi connectivity index (χ2v) is 3.26. The first-order valence-electron chi connectivity index (χ1n) is 4.97. The van der Waals surface area contributed by atoms with Gasteiger partial charge in [0.05, 0.1) is 6.04 Å². The Bertz CT molecular complexity index is 347. The largest absolute Gasteiger partial charge is 0.347 e. The first-order valence-corrected chi connectivity index (χ1v) is 4.97. The summed E-state index contributed by atoms with van der Waals surface area (Å²) in [7, 11) is 0. The predicted octanol–water partition coefficient (Wildman–Crippen LogP) is 2.49. The molecule has 0 aliphatic carbocycles. The number of H-pyrrole nitrogens is 1. The van der Waals surface area contributed by atoms with Crippen LogP contribution in [0.1, 0.15) is 25.2 Å². The van der Waals surface area contributed by atoms with Crippen LogP contribution in [-0.4, -0.2) is 9.97 Å². The predicted molar refractivity (Wildman–Crippen MR) is 63.2 cm³/mol. The number of nitrogens with two attached hydrogens (primary N) is 1. The van der Waals surface area contributed by atoms with Crippen LogP contribution in [0.3, 0.4) is 0 Å². The summed E-state index contributed by atoms with van der Waals surface area (Å²) in [5, 5.41) is 0. The first kappa shape index (κ1) is 11.5. The summed E-state index contributed by atoms with van der Waals surface area (Å²) in [6, 6.07) is -0.0950. The van der Waals surface area contributed by atoms with Crippen molar-refractivity contribution in [2.75, 3.05) is 0 Å². The third kappa shape index (κ3) is 3.56. The summed E-state index contributed by atoms with van der Waals surface area (Å²) in [5.41, 5.74) is 7.15. The lowest BCUT2D eigenvalue weighted by molar-refractivity contribution is 0.680. The molecule has 0 saturated heterocycles. The Kier molecular flexibility index (Phi) is 4.57. The van der Waals surface area contributed by atoms with Crippen LogP contribution in [-0.2, 0) is 0 Å². The van der Waals surface area contributed by atoms with Gasteiger partial charge < -0.3 is 10.7 Å². The van der Waals surface area contributed by atoms with Gasteiger partial charge in [-0.3, -0.25) is 0 Å². The Balaban J connectivity index is 2.67. The summed E-state index contributed by atoms with van der Waals surface area (Å²) in [6.45, 7) is 5.66. The van der Waals surface area contributed by atoms with Crippen LogP contribution in [0.15, 0.2) is 48.8 Å². The standard InChI is InChI=1S/C12H17N3/c1-3-5-10(6-4-2)9-11(13)12-14-7-8-15-12/h3-8,11H,1,9,13H2,2H3,(H,14,15)/b6-4-,10-5+. The molecule has 0 fully saturated rings. The van der Waals surface area contributed by atoms with Gasteiger partial charge in [-0.15, -0.1) is 0 Å². The molecule has 0 radical (unpaired) electrons. The quantitative estimate of drug-likeness (QED) is 0.722. The van der Waals surface area contributed by atoms with Gasteiger partial charge in [-0.25, -0.2) is 4.98 Å². The number of hydrogen-bond donors (Lipinski definition) is 2. The lowest BCUT2D eigenvalue weighted by Gasteiger charge is -2.09. The van der Waals surface area contributed by atoms with Gasteiger partial charge in [0.1, 0.15) is 5.82 Å². The van der Waals surface area contributed by atoms with Gasteiger partial charge in [-0.1, -0.05) is 30.9 Å². The number of aromatic nitrogens is 2. The number of nitrogens with one attached hydrogen (secondary N) is 1. The lowest BCUT2D eigenvalue weighted by atomic mass is 10.1. The van der Waals surface area contributed by atoms with Crippen molar-refractivity contribution in [2.45, 2.75) is 19.4 Å². The third-order valence-corrected chi connectivity index (χ3v) is 2.04. The molecular weight excluding hydrogens is 186 g/mol. The molecule has 1 heterocycles. The third-order valence-electron chi connectivity index (χ3n) is 2.04. The van der Waals surface area contributed by atoms with E-state index in [1.165, 1.54) is 0 Å². The van der Waals surface area contributed by atoms with E-state index < -0.39 is 0 Å². The Hall–Kier alpha value is -1.61. The van der Waals surface area contributed by atoms with Crippen LogP contribution in [0.5, 0.6) is 0 Å². The topological polar surface area (TPSA) is 54.7 Å². The van der Waals surface area contributed by atoms with E-state index in [2.05, 4.69) is 16.5 Å². The summed E-state index contributed by atoms with van der Waals surface area (Å²) < 4.78 is 0. The molecule has 3 nitrogen and oxygen atoms in total. The minimum atomic E-state index is -0.0950. The van der Waals surface area contributed by atoms with Crippen molar-refractivity contribution in [1.82, 2.24) is 9.97 Å². The smallest absolute Gasteiger partial charge is 0.123 e. The van der Waals surface area contributed by atoms with E-state index in [4.69, 9.17) is 5.73 Å². The van der Waals surface area contributed by atoms with Crippen molar-refractivity contribution in [3.63, 3.8) is 0 Å². The van der Waals surface area contributed by atoms with Crippen LogP contribution in [0.2, 0.25) is 0 Å². The Morgan fingerprint density at radius 1 is 1.73 bits per heavy atom. The van der Waals surface area contributed by atoms with Gasteiger partial charge in [0.15, 0.2) is 0 Å². The summed E-state index contributed by atoms with van der Waals surface area (Å²) in [5.74, 6) is 0.814. The highest BCUT2D eigenvalue weighted by molar-refractivity contribution is 5.24. The summed E-state index contributed by atoms with van der Waals surface area (Å²) in [6.07, 6.45) is 12.0. The molecule has 0 bridgehead atoms. The minimum absolute atomic E-state index is 0.0950. The molecule has 15 heavy (non-hydrogen) atoms. The zero-order valence-electron chi connectivity index (χ0n) is 8.98. The van der Waals surface area contributed by atoms with Crippen LogP contribution in [0, 0.1) is 0 Å². The fraction of sp³-hybridized carbons (Fsp3) is 0.250. The van der Waals surface area contributed by atoms with Crippen LogP contribution >= 0.6 is 0 Å². The fourth-order valence-corrected chi connectivity index (χ4v) is 1.39. The molecule has 0 aliphatic rings. The maximum atomic E-state index is 6.00. The van der Waals surface area contributed by atoms with Gasteiger partial charge in [0.25, 0.3) is 0 Å². The highest BCUT2D eigenvalue weighted by Gasteiger charge is 2.08. The fourth-order valence-electron chi connectivity index (χ4n) is 1.39. The second-order valence-electron chi connectivity index (χ2n) is 3.26. The van der Waals surface area contributed by atoms with Crippen molar-refractivity contribution < 1.29 is 0 Å². The zero-order chi connectivity index (χ0) is 11.1. The minimum Gasteiger partial charge on any atom is -0.347 e. The summed E-state index contributed by atoms with van der Waals surface area (Å²) >= 11 is 0. The number of hydrogen-bond acceptors (Lipinski definition) is 2. The Labute approximate surface area is 90.4 Å². The van der Waals surface area contributed by atoms with Crippen molar-refractivity contribution in [3.8, 4) is 0 Å². The molecule has 1 aromatic rings. The number of aromatic amines is 1. The Morgan fingerprint density at radius 2 is 2.53 bits per heavy atom. The van der Waals surface area contributed by atoms with Crippen LogP contribution in [0.4, 0.5) is 0 Å². The number of imidazole rings is 1. The van der Waals surface area contributed by atoms with Crippen molar-refractivity contribution in [2.24, 2.45) is 5.73 Å². The number of rotatable bonds is 5. The SMILES string of the molecule is C=C/C=C(\C=C/C)CC(N)c1ncc[nH]1. The molecule has 0 aliphatic heterocycles. The van der Waals surface area contributed by atoms with E-state index in [-0.39, 0.29) is 6.04 Å². The molecule has 0 saturated carbocycles. The summed E-state index contributed by atoms with van der Waals surface area (Å²) in [4.78, 5) is 7.14. The highest BCUT2D eigenvalue weighted by atomic mass is 14.9. The van der Waals surface area contributed by atoms with E-state index >= 15 is 0 Å². The molecule has 0 spiro atoms. The van der Waals surface area contributed by atoms with E-state index in [0.29, 0.717) is 0 Å². The van der Waals surface area contributed by atoms with Gasteiger partial charge in [0, 0.05) is 12.4 Å².